The first-order valence-electron chi connectivity index (χ1n) is 12.9. The second kappa shape index (κ2) is 15.3. The minimum Gasteiger partial charge on any atom is -0.394 e. The Kier molecular flexibility index (Phi) is 12.9. The average molecular weight is 706 g/mol. The van der Waals surface area contributed by atoms with Crippen molar-refractivity contribution >= 4 is 26.7 Å². The Bertz CT molecular complexity index is 1200. The molecule has 3 rings (SSSR count). The van der Waals surface area contributed by atoms with E-state index in [0.717, 1.165) is 6.92 Å². The van der Waals surface area contributed by atoms with Gasteiger partial charge in [0.25, 0.3) is 0 Å². The molecule has 0 saturated carbocycles. The normalized spacial score (nSPS) is 43.1. The van der Waals surface area contributed by atoms with E-state index in [4.69, 9.17) is 32.8 Å². The number of aliphatic hydroxyl groups excluding tert-OH is 8. The molecule has 1 unspecified atom stereocenters. The summed E-state index contributed by atoms with van der Waals surface area (Å²) < 4.78 is 98.0. The number of carbonyl (C=O) groups is 1. The molecule has 3 saturated heterocycles. The number of hydrogen-bond acceptors (Lipinski definition) is 20. The molecular weight excluding hydrogens is 670 g/mol. The topological polar surface area (TPSA) is 364 Å². The van der Waals surface area contributed by atoms with Crippen molar-refractivity contribution in [3.8, 4) is 0 Å². The van der Waals surface area contributed by atoms with Gasteiger partial charge in [0, 0.05) is 6.92 Å². The van der Waals surface area contributed by atoms with Gasteiger partial charge in [0.05, 0.1) is 19.8 Å². The van der Waals surface area contributed by atoms with Crippen molar-refractivity contribution in [1.29, 1.82) is 0 Å². The summed E-state index contributed by atoms with van der Waals surface area (Å²) in [6.07, 6.45) is -27.2. The molecule has 1 amide bonds. The molecule has 0 aromatic rings. The van der Waals surface area contributed by atoms with Crippen molar-refractivity contribution in [3.63, 3.8) is 0 Å². The van der Waals surface area contributed by atoms with Gasteiger partial charge in [0.15, 0.2) is 18.9 Å². The van der Waals surface area contributed by atoms with Crippen LogP contribution >= 0.6 is 0 Å². The molecule has 0 bridgehead atoms. The van der Waals surface area contributed by atoms with Crippen molar-refractivity contribution in [1.82, 2.24) is 5.32 Å². The van der Waals surface area contributed by atoms with Gasteiger partial charge < -0.3 is 69.9 Å². The van der Waals surface area contributed by atoms with E-state index in [2.05, 4.69) is 13.7 Å². The molecule has 23 nitrogen and oxygen atoms in total. The molecule has 15 atom stereocenters. The van der Waals surface area contributed by atoms with Crippen LogP contribution in [-0.4, -0.2) is 185 Å². The molecule has 0 aliphatic carbocycles. The van der Waals surface area contributed by atoms with E-state index in [1.54, 1.807) is 0 Å². The largest absolute Gasteiger partial charge is 0.397 e. The van der Waals surface area contributed by atoms with Crippen LogP contribution in [-0.2, 0) is 57.6 Å². The highest BCUT2D eigenvalue weighted by molar-refractivity contribution is 7.81. The first-order valence-corrected chi connectivity index (χ1v) is 15.6. The third kappa shape index (κ3) is 9.85. The monoisotopic (exact) mass is 705 g/mol. The SMILES string of the molecule is CC(=O)N[C@H]1[C@H](O[C@@H]2[C@H](O)[C@@H](O)C(O)O[C@@H]2CO)O[C@H](COS(=O)(=O)O)[C@@H](O[C@@H]2O[C@H](COS(=O)(=O)O)[C@H](O)[C@H](O)[C@H]2O)[C@@H]1O. The van der Waals surface area contributed by atoms with Gasteiger partial charge in [-0.05, 0) is 0 Å². The Morgan fingerprint density at radius 1 is 0.667 bits per heavy atom. The quantitative estimate of drug-likeness (QED) is 0.0840. The van der Waals surface area contributed by atoms with E-state index in [-0.39, 0.29) is 0 Å². The zero-order valence-electron chi connectivity index (χ0n) is 23.0. The van der Waals surface area contributed by atoms with E-state index in [9.17, 15) is 62.5 Å². The molecule has 0 aromatic heterocycles. The first kappa shape index (κ1) is 38.1. The van der Waals surface area contributed by atoms with Crippen molar-refractivity contribution in [2.75, 3.05) is 19.8 Å². The van der Waals surface area contributed by atoms with Gasteiger partial charge in [-0.3, -0.25) is 13.9 Å². The molecule has 3 aliphatic rings. The molecular formula is C20H35NO22S2. The standard InChI is InChI=1S/C20H35NO22S2/c1-5(23)21-9-11(25)17(43-20-15(29)12(26)10(24)7(40-20)3-37-44(31,32)33)8(4-38-45(34,35)36)41-19(9)42-16-6(2-22)39-18(30)14(28)13(16)27/h6-20,22,24-30H,2-4H2,1H3,(H,21,23)(H,31,32,33)(H,34,35,36)/t6-,7-,8-,9-,10+,11-,12+,13-,14-,15-,16+,17-,18?,19+,20+/m1/s1. The van der Waals surface area contributed by atoms with Crippen LogP contribution in [0, 0.1) is 0 Å². The van der Waals surface area contributed by atoms with Gasteiger partial charge in [0.1, 0.15) is 73.2 Å². The molecule has 0 aromatic carbocycles. The van der Waals surface area contributed by atoms with Crippen LogP contribution in [0.2, 0.25) is 0 Å². The fourth-order valence-electron chi connectivity index (χ4n) is 4.74. The fraction of sp³-hybridized carbons (Fsp3) is 0.950. The lowest BCUT2D eigenvalue weighted by atomic mass is 9.94. The molecule has 3 aliphatic heterocycles. The molecule has 264 valence electrons. The van der Waals surface area contributed by atoms with Crippen molar-refractivity contribution in [3.05, 3.63) is 0 Å². The maximum Gasteiger partial charge on any atom is 0.397 e. The second-order valence-electron chi connectivity index (χ2n) is 10.1. The van der Waals surface area contributed by atoms with E-state index < -0.39 is 139 Å². The number of rotatable bonds is 12. The van der Waals surface area contributed by atoms with Gasteiger partial charge in [-0.2, -0.15) is 16.8 Å². The highest BCUT2D eigenvalue weighted by Gasteiger charge is 2.54. The van der Waals surface area contributed by atoms with Gasteiger partial charge in [-0.25, -0.2) is 8.37 Å². The van der Waals surface area contributed by atoms with Crippen LogP contribution in [0.3, 0.4) is 0 Å². The van der Waals surface area contributed by atoms with E-state index in [1.165, 1.54) is 0 Å². The van der Waals surface area contributed by atoms with Crippen LogP contribution in [0.4, 0.5) is 0 Å². The lowest BCUT2D eigenvalue weighted by Crippen LogP contribution is -2.69. The summed E-state index contributed by atoms with van der Waals surface area (Å²) in [5.74, 6) is -0.841. The minimum atomic E-state index is -5.20. The maximum atomic E-state index is 12.0. The number of nitrogens with one attached hydrogen (secondary N) is 1. The fourth-order valence-corrected chi connectivity index (χ4v) is 5.36. The number of aliphatic hydroxyl groups is 8. The zero-order valence-corrected chi connectivity index (χ0v) is 24.6. The third-order valence-electron chi connectivity index (χ3n) is 6.90. The lowest BCUT2D eigenvalue weighted by Gasteiger charge is -2.49. The number of amides is 1. The van der Waals surface area contributed by atoms with Crippen LogP contribution in [0.25, 0.3) is 0 Å². The predicted molar refractivity (Wildman–Crippen MR) is 134 cm³/mol. The summed E-state index contributed by atoms with van der Waals surface area (Å²) in [7, 11) is -10.3. The molecule has 0 spiro atoms. The van der Waals surface area contributed by atoms with Crippen molar-refractivity contribution < 1.29 is 104 Å². The van der Waals surface area contributed by atoms with Crippen LogP contribution in [0.15, 0.2) is 0 Å². The maximum absolute atomic E-state index is 12.0. The first-order chi connectivity index (χ1) is 20.7. The van der Waals surface area contributed by atoms with Crippen LogP contribution in [0.1, 0.15) is 6.92 Å². The lowest BCUT2D eigenvalue weighted by molar-refractivity contribution is -0.364. The van der Waals surface area contributed by atoms with Crippen LogP contribution < -0.4 is 5.32 Å². The van der Waals surface area contributed by atoms with E-state index in [0.29, 0.717) is 0 Å². The van der Waals surface area contributed by atoms with Gasteiger partial charge in [-0.1, -0.05) is 0 Å². The average Bonchev–Trinajstić information content (AvgIpc) is 2.93. The predicted octanol–water partition coefficient (Wildman–Crippen LogP) is -7.78. The molecule has 25 heteroatoms. The number of carbonyl (C=O) groups excluding carboxylic acids is 1. The number of hydrogen-bond donors (Lipinski definition) is 11. The highest BCUT2D eigenvalue weighted by atomic mass is 32.3. The Morgan fingerprint density at radius 3 is 1.71 bits per heavy atom. The summed E-state index contributed by atoms with van der Waals surface area (Å²) >= 11 is 0. The van der Waals surface area contributed by atoms with Gasteiger partial charge in [-0.15, -0.1) is 0 Å². The third-order valence-corrected chi connectivity index (χ3v) is 7.76. The van der Waals surface area contributed by atoms with Gasteiger partial charge >= 0.3 is 20.8 Å². The van der Waals surface area contributed by atoms with E-state index in [1.807, 2.05) is 0 Å². The molecule has 3 heterocycles. The Labute approximate surface area is 254 Å². The number of ether oxygens (including phenoxy) is 5. The summed E-state index contributed by atoms with van der Waals surface area (Å²) in [5.41, 5.74) is 0. The van der Waals surface area contributed by atoms with Crippen molar-refractivity contribution in [2.45, 2.75) is 99.0 Å². The molecule has 45 heavy (non-hydrogen) atoms. The Balaban J connectivity index is 1.93. The van der Waals surface area contributed by atoms with Crippen LogP contribution in [0.5, 0.6) is 0 Å². The van der Waals surface area contributed by atoms with Crippen molar-refractivity contribution in [2.24, 2.45) is 0 Å². The molecule has 3 fully saturated rings. The minimum absolute atomic E-state index is 0.841. The van der Waals surface area contributed by atoms with Gasteiger partial charge in [0.2, 0.25) is 5.91 Å². The summed E-state index contributed by atoms with van der Waals surface area (Å²) in [5, 5.41) is 84.3. The molecule has 0 radical (unpaired) electrons. The molecule has 11 N–H and O–H groups in total. The summed E-state index contributed by atoms with van der Waals surface area (Å²) in [4.78, 5) is 12.0. The Hall–Kier alpha value is -1.31. The Morgan fingerprint density at radius 2 is 1.18 bits per heavy atom. The zero-order chi connectivity index (χ0) is 34.0. The summed E-state index contributed by atoms with van der Waals surface area (Å²) in [6.45, 7) is -2.23. The smallest absolute Gasteiger partial charge is 0.394 e. The summed E-state index contributed by atoms with van der Waals surface area (Å²) in [6, 6.07) is -1.74. The van der Waals surface area contributed by atoms with E-state index >= 15 is 0 Å². The highest BCUT2D eigenvalue weighted by Crippen LogP contribution is 2.33. The second-order valence-corrected chi connectivity index (χ2v) is 12.3.